The van der Waals surface area contributed by atoms with Crippen molar-refractivity contribution < 1.29 is 14.3 Å². The molecule has 0 aromatic heterocycles. The third-order valence-corrected chi connectivity index (χ3v) is 3.18. The van der Waals surface area contributed by atoms with Gasteiger partial charge in [-0.25, -0.2) is 4.99 Å². The summed E-state index contributed by atoms with van der Waals surface area (Å²) in [5.41, 5.74) is 0.992. The number of benzene rings is 1. The molecule has 1 rings (SSSR count). The maximum Gasteiger partial charge on any atom is 0.241 e. The van der Waals surface area contributed by atoms with Crippen molar-refractivity contribution in [3.05, 3.63) is 29.8 Å². The average molecular weight is 336 g/mol. The second-order valence-corrected chi connectivity index (χ2v) is 5.27. The molecule has 7 heteroatoms. The molecule has 0 aliphatic carbocycles. The molecule has 0 saturated heterocycles. The van der Waals surface area contributed by atoms with Crippen molar-refractivity contribution in [2.75, 3.05) is 47.5 Å². The van der Waals surface area contributed by atoms with E-state index >= 15 is 0 Å². The molecule has 0 aliphatic rings. The van der Waals surface area contributed by atoms with Gasteiger partial charge in [-0.3, -0.25) is 4.79 Å². The molecule has 1 amide bonds. The third-order valence-electron chi connectivity index (χ3n) is 3.18. The Morgan fingerprint density at radius 2 is 2.00 bits per heavy atom. The lowest BCUT2D eigenvalue weighted by Crippen LogP contribution is -2.43. The number of carbonyl (C=O) groups excluding carboxylic acids is 1. The topological polar surface area (TPSA) is 75.2 Å². The number of guanidine groups is 1. The number of hydrogen-bond acceptors (Lipinski definition) is 4. The second kappa shape index (κ2) is 11.3. The normalized spacial score (nSPS) is 11.1. The van der Waals surface area contributed by atoms with Crippen LogP contribution < -0.4 is 15.4 Å². The van der Waals surface area contributed by atoms with Gasteiger partial charge in [0.25, 0.3) is 0 Å². The van der Waals surface area contributed by atoms with Crippen LogP contribution in [0.3, 0.4) is 0 Å². The molecule has 0 bridgehead atoms. The first kappa shape index (κ1) is 19.8. The molecule has 2 N–H and O–H groups in total. The van der Waals surface area contributed by atoms with Crippen molar-refractivity contribution in [1.29, 1.82) is 0 Å². The van der Waals surface area contributed by atoms with Crippen LogP contribution in [-0.4, -0.2) is 64.3 Å². The smallest absolute Gasteiger partial charge is 0.241 e. The van der Waals surface area contributed by atoms with Crippen LogP contribution in [0, 0.1) is 0 Å². The minimum Gasteiger partial charge on any atom is -0.494 e. The number of nitrogens with one attached hydrogen (secondary N) is 2. The number of carbonyl (C=O) groups is 1. The Morgan fingerprint density at radius 1 is 1.25 bits per heavy atom. The molecule has 1 aromatic rings. The van der Waals surface area contributed by atoms with Crippen molar-refractivity contribution in [3.63, 3.8) is 0 Å². The van der Waals surface area contributed by atoms with Gasteiger partial charge in [0.05, 0.1) is 26.3 Å². The van der Waals surface area contributed by atoms with Crippen molar-refractivity contribution >= 4 is 11.9 Å². The van der Waals surface area contributed by atoms with Gasteiger partial charge in [0, 0.05) is 33.3 Å². The molecule has 0 saturated carbocycles. The summed E-state index contributed by atoms with van der Waals surface area (Å²) >= 11 is 0. The van der Waals surface area contributed by atoms with E-state index in [4.69, 9.17) is 9.47 Å². The Hall–Kier alpha value is -2.28. The standard InChI is InChI=1S/C17H28N4O3/c1-5-24-15-9-7-6-8-14(15)12-19-17(18-10-11-23-4)20-13-16(22)21(2)3/h6-9H,5,10-13H2,1-4H3,(H2,18,19,20). The van der Waals surface area contributed by atoms with Gasteiger partial charge in [0.2, 0.25) is 5.91 Å². The lowest BCUT2D eigenvalue weighted by Gasteiger charge is -2.15. The molecular formula is C17H28N4O3. The van der Waals surface area contributed by atoms with Gasteiger partial charge in [-0.05, 0) is 13.0 Å². The maximum absolute atomic E-state index is 11.7. The fraction of sp³-hybridized carbons (Fsp3) is 0.529. The first-order valence-corrected chi connectivity index (χ1v) is 8.00. The fourth-order valence-electron chi connectivity index (χ4n) is 1.86. The van der Waals surface area contributed by atoms with Crippen LogP contribution in [0.1, 0.15) is 12.5 Å². The SMILES string of the molecule is CCOc1ccccc1CN=C(NCCOC)NCC(=O)N(C)C. The number of rotatable bonds is 9. The molecule has 0 aliphatic heterocycles. The summed E-state index contributed by atoms with van der Waals surface area (Å²) in [5, 5.41) is 6.17. The average Bonchev–Trinajstić information content (AvgIpc) is 2.58. The van der Waals surface area contributed by atoms with Crippen molar-refractivity contribution in [2.45, 2.75) is 13.5 Å². The number of likely N-dealkylation sites (N-methyl/N-ethyl adjacent to an activating group) is 1. The van der Waals surface area contributed by atoms with Gasteiger partial charge < -0.3 is 25.0 Å². The van der Waals surface area contributed by atoms with Crippen LogP contribution in [0.15, 0.2) is 29.3 Å². The highest BCUT2D eigenvalue weighted by Gasteiger charge is 2.07. The minimum absolute atomic E-state index is 0.0223. The number of para-hydroxylation sites is 1. The lowest BCUT2D eigenvalue weighted by atomic mass is 10.2. The van der Waals surface area contributed by atoms with Crippen LogP contribution in [-0.2, 0) is 16.1 Å². The minimum atomic E-state index is -0.0223. The Labute approximate surface area is 144 Å². The predicted molar refractivity (Wildman–Crippen MR) is 95.3 cm³/mol. The summed E-state index contributed by atoms with van der Waals surface area (Å²) in [6.07, 6.45) is 0. The van der Waals surface area contributed by atoms with Gasteiger partial charge in [0.15, 0.2) is 5.96 Å². The highest BCUT2D eigenvalue weighted by atomic mass is 16.5. The molecule has 1 aromatic carbocycles. The molecule has 0 unspecified atom stereocenters. The zero-order valence-electron chi connectivity index (χ0n) is 15.0. The van der Waals surface area contributed by atoms with E-state index in [1.807, 2.05) is 31.2 Å². The number of hydrogen-bond donors (Lipinski definition) is 2. The van der Waals surface area contributed by atoms with Gasteiger partial charge in [0.1, 0.15) is 5.75 Å². The quantitative estimate of drug-likeness (QED) is 0.397. The molecule has 0 heterocycles. The summed E-state index contributed by atoms with van der Waals surface area (Å²) in [7, 11) is 5.08. The van der Waals surface area contributed by atoms with Crippen molar-refractivity contribution in [2.24, 2.45) is 4.99 Å². The predicted octanol–water partition coefficient (Wildman–Crippen LogP) is 0.855. The fourth-order valence-corrected chi connectivity index (χ4v) is 1.86. The summed E-state index contributed by atoms with van der Waals surface area (Å²) in [6.45, 7) is 4.35. The number of methoxy groups -OCH3 is 1. The number of ether oxygens (including phenoxy) is 2. The van der Waals surface area contributed by atoms with E-state index in [1.54, 1.807) is 21.2 Å². The summed E-state index contributed by atoms with van der Waals surface area (Å²) in [5.74, 6) is 1.36. The summed E-state index contributed by atoms with van der Waals surface area (Å²) < 4.78 is 10.6. The largest absolute Gasteiger partial charge is 0.494 e. The van der Waals surface area contributed by atoms with Gasteiger partial charge in [-0.1, -0.05) is 18.2 Å². The van der Waals surface area contributed by atoms with E-state index in [0.29, 0.717) is 32.3 Å². The lowest BCUT2D eigenvalue weighted by molar-refractivity contribution is -0.127. The first-order chi connectivity index (χ1) is 11.6. The van der Waals surface area contributed by atoms with Gasteiger partial charge >= 0.3 is 0 Å². The van der Waals surface area contributed by atoms with E-state index in [2.05, 4.69) is 15.6 Å². The molecule has 7 nitrogen and oxygen atoms in total. The van der Waals surface area contributed by atoms with Crippen LogP contribution in [0.5, 0.6) is 5.75 Å². The highest BCUT2D eigenvalue weighted by Crippen LogP contribution is 2.18. The Bertz CT molecular complexity index is 532. The van der Waals surface area contributed by atoms with E-state index < -0.39 is 0 Å². The van der Waals surface area contributed by atoms with E-state index in [0.717, 1.165) is 11.3 Å². The van der Waals surface area contributed by atoms with Crippen LogP contribution in [0.25, 0.3) is 0 Å². The summed E-state index contributed by atoms with van der Waals surface area (Å²) in [4.78, 5) is 17.8. The van der Waals surface area contributed by atoms with Crippen molar-refractivity contribution in [1.82, 2.24) is 15.5 Å². The number of nitrogens with zero attached hydrogens (tertiary/aromatic N) is 2. The molecule has 0 atom stereocenters. The molecular weight excluding hydrogens is 308 g/mol. The van der Waals surface area contributed by atoms with Crippen LogP contribution in [0.2, 0.25) is 0 Å². The zero-order valence-corrected chi connectivity index (χ0v) is 15.0. The third kappa shape index (κ3) is 7.32. The number of aliphatic imine (C=N–C) groups is 1. The van der Waals surface area contributed by atoms with Gasteiger partial charge in [-0.15, -0.1) is 0 Å². The van der Waals surface area contributed by atoms with E-state index in [-0.39, 0.29) is 12.5 Å². The van der Waals surface area contributed by atoms with Crippen LogP contribution >= 0.6 is 0 Å². The second-order valence-electron chi connectivity index (χ2n) is 5.27. The van der Waals surface area contributed by atoms with E-state index in [9.17, 15) is 4.79 Å². The molecule has 0 fully saturated rings. The Morgan fingerprint density at radius 3 is 2.67 bits per heavy atom. The highest BCUT2D eigenvalue weighted by molar-refractivity contribution is 5.86. The molecule has 134 valence electrons. The van der Waals surface area contributed by atoms with Gasteiger partial charge in [-0.2, -0.15) is 0 Å². The monoisotopic (exact) mass is 336 g/mol. The molecule has 0 spiro atoms. The maximum atomic E-state index is 11.7. The van der Waals surface area contributed by atoms with E-state index in [1.165, 1.54) is 4.90 Å². The van der Waals surface area contributed by atoms with Crippen LogP contribution in [0.4, 0.5) is 0 Å². The van der Waals surface area contributed by atoms with Crippen molar-refractivity contribution in [3.8, 4) is 5.75 Å². The Balaban J connectivity index is 2.73. The molecule has 24 heavy (non-hydrogen) atoms. The molecule has 0 radical (unpaired) electrons. The first-order valence-electron chi connectivity index (χ1n) is 8.00. The summed E-state index contributed by atoms with van der Waals surface area (Å²) in [6, 6.07) is 7.79. The number of amides is 1. The Kier molecular flexibility index (Phi) is 9.29. The zero-order chi connectivity index (χ0) is 17.8.